The van der Waals surface area contributed by atoms with Gasteiger partial charge in [-0.3, -0.25) is 5.32 Å². The van der Waals surface area contributed by atoms with Crippen molar-refractivity contribution in [2.45, 2.75) is 18.9 Å². The second-order valence-electron chi connectivity index (χ2n) is 1.90. The first-order chi connectivity index (χ1) is 3.19. The first-order valence-corrected chi connectivity index (χ1v) is 2.31. The SMILES string of the molecule is CNC1(C)OC1N. The van der Waals surface area contributed by atoms with Gasteiger partial charge in [-0.1, -0.05) is 0 Å². The monoisotopic (exact) mass is 102 g/mol. The number of nitrogens with one attached hydrogen (secondary N) is 1. The molecule has 0 aromatic carbocycles. The molecule has 0 aromatic heterocycles. The number of hydrogen-bond donors (Lipinski definition) is 2. The number of rotatable bonds is 1. The first-order valence-electron chi connectivity index (χ1n) is 2.31. The summed E-state index contributed by atoms with van der Waals surface area (Å²) >= 11 is 0. The third-order valence-corrected chi connectivity index (χ3v) is 1.35. The predicted octanol–water partition coefficient (Wildman–Crippen LogP) is -0.763. The minimum absolute atomic E-state index is 0.0995. The third kappa shape index (κ3) is 0.627. The molecule has 1 aliphatic heterocycles. The summed E-state index contributed by atoms with van der Waals surface area (Å²) in [5.41, 5.74) is 5.10. The average molecular weight is 102 g/mol. The predicted molar refractivity (Wildman–Crippen MR) is 26.5 cm³/mol. The highest BCUT2D eigenvalue weighted by Gasteiger charge is 2.48. The molecule has 7 heavy (non-hydrogen) atoms. The van der Waals surface area contributed by atoms with Gasteiger partial charge in [0.05, 0.1) is 0 Å². The highest BCUT2D eigenvalue weighted by Crippen LogP contribution is 2.26. The second-order valence-corrected chi connectivity index (χ2v) is 1.90. The summed E-state index contributed by atoms with van der Waals surface area (Å²) in [5, 5.41) is 2.92. The van der Waals surface area contributed by atoms with E-state index in [2.05, 4.69) is 5.32 Å². The molecule has 0 aliphatic carbocycles. The van der Waals surface area contributed by atoms with Gasteiger partial charge in [0, 0.05) is 0 Å². The van der Waals surface area contributed by atoms with Crippen molar-refractivity contribution in [1.82, 2.24) is 5.32 Å². The summed E-state index contributed by atoms with van der Waals surface area (Å²) in [6.07, 6.45) is -0.0995. The Morgan fingerprint density at radius 2 is 2.29 bits per heavy atom. The van der Waals surface area contributed by atoms with E-state index in [0.29, 0.717) is 0 Å². The first kappa shape index (κ1) is 5.03. The van der Waals surface area contributed by atoms with Gasteiger partial charge >= 0.3 is 0 Å². The van der Waals surface area contributed by atoms with Gasteiger partial charge in [-0.05, 0) is 14.0 Å². The lowest BCUT2D eigenvalue weighted by Crippen LogP contribution is -2.30. The molecule has 3 nitrogen and oxygen atoms in total. The minimum Gasteiger partial charge on any atom is -0.334 e. The molecule has 2 unspecified atom stereocenters. The van der Waals surface area contributed by atoms with Crippen LogP contribution in [0.5, 0.6) is 0 Å². The fraction of sp³-hybridized carbons (Fsp3) is 1.00. The van der Waals surface area contributed by atoms with Gasteiger partial charge in [-0.25, -0.2) is 0 Å². The lowest BCUT2D eigenvalue weighted by molar-refractivity contribution is 0.282. The fourth-order valence-corrected chi connectivity index (χ4v) is 0.431. The average Bonchev–Trinajstić information content (AvgIpc) is 2.18. The Balaban J connectivity index is 2.36. The molecule has 0 saturated carbocycles. The van der Waals surface area contributed by atoms with E-state index in [-0.39, 0.29) is 12.0 Å². The van der Waals surface area contributed by atoms with Crippen LogP contribution in [0.1, 0.15) is 6.92 Å². The summed E-state index contributed by atoms with van der Waals surface area (Å²) < 4.78 is 4.92. The van der Waals surface area contributed by atoms with Crippen LogP contribution in [0.2, 0.25) is 0 Å². The van der Waals surface area contributed by atoms with Crippen molar-refractivity contribution in [3.8, 4) is 0 Å². The molecular weight excluding hydrogens is 92.1 g/mol. The quantitative estimate of drug-likeness (QED) is 0.428. The van der Waals surface area contributed by atoms with Gasteiger partial charge in [0.15, 0.2) is 12.0 Å². The zero-order chi connectivity index (χ0) is 5.49. The Kier molecular flexibility index (Phi) is 0.849. The molecule has 0 aromatic rings. The molecule has 1 saturated heterocycles. The van der Waals surface area contributed by atoms with Crippen molar-refractivity contribution >= 4 is 0 Å². The van der Waals surface area contributed by atoms with Crippen LogP contribution in [0.4, 0.5) is 0 Å². The molecule has 0 spiro atoms. The van der Waals surface area contributed by atoms with Crippen LogP contribution in [0, 0.1) is 0 Å². The van der Waals surface area contributed by atoms with Crippen LogP contribution < -0.4 is 11.1 Å². The standard InChI is InChI=1S/C4H10N2O/c1-4(6-2)3(5)7-4/h3,6H,5H2,1-2H3. The molecule has 1 fully saturated rings. The highest BCUT2D eigenvalue weighted by molar-refractivity contribution is 4.90. The van der Waals surface area contributed by atoms with Gasteiger partial charge < -0.3 is 10.5 Å². The maximum atomic E-state index is 5.33. The summed E-state index contributed by atoms with van der Waals surface area (Å²) in [6, 6.07) is 0. The number of likely N-dealkylation sites (N-methyl/N-ethyl adjacent to an activating group) is 1. The molecule has 1 heterocycles. The Morgan fingerprint density at radius 3 is 2.29 bits per heavy atom. The Morgan fingerprint density at radius 1 is 1.86 bits per heavy atom. The molecule has 3 heteroatoms. The number of nitrogens with two attached hydrogens (primary N) is 1. The van der Waals surface area contributed by atoms with E-state index in [1.807, 2.05) is 14.0 Å². The van der Waals surface area contributed by atoms with Crippen LogP contribution in [-0.4, -0.2) is 19.0 Å². The zero-order valence-electron chi connectivity index (χ0n) is 4.56. The van der Waals surface area contributed by atoms with Crippen molar-refractivity contribution in [2.75, 3.05) is 7.05 Å². The Hall–Kier alpha value is -0.120. The highest BCUT2D eigenvalue weighted by atomic mass is 16.6. The van der Waals surface area contributed by atoms with E-state index in [9.17, 15) is 0 Å². The normalized spacial score (nSPS) is 49.3. The molecule has 0 amide bonds. The summed E-state index contributed by atoms with van der Waals surface area (Å²) in [5.74, 6) is 0. The van der Waals surface area contributed by atoms with Gasteiger partial charge in [-0.2, -0.15) is 0 Å². The van der Waals surface area contributed by atoms with E-state index in [1.165, 1.54) is 0 Å². The Labute approximate surface area is 42.8 Å². The minimum atomic E-state index is -0.222. The number of ether oxygens (including phenoxy) is 1. The van der Waals surface area contributed by atoms with Crippen molar-refractivity contribution in [3.63, 3.8) is 0 Å². The van der Waals surface area contributed by atoms with Crippen molar-refractivity contribution in [1.29, 1.82) is 0 Å². The van der Waals surface area contributed by atoms with E-state index in [1.54, 1.807) is 0 Å². The summed E-state index contributed by atoms with van der Waals surface area (Å²) in [4.78, 5) is 0. The molecule has 1 aliphatic rings. The molecular formula is C4H10N2O. The largest absolute Gasteiger partial charge is 0.334 e. The number of hydrogen-bond acceptors (Lipinski definition) is 3. The van der Waals surface area contributed by atoms with Crippen molar-refractivity contribution in [3.05, 3.63) is 0 Å². The van der Waals surface area contributed by atoms with Gasteiger partial charge in [0.2, 0.25) is 0 Å². The molecule has 0 bridgehead atoms. The van der Waals surface area contributed by atoms with E-state index in [0.717, 1.165) is 0 Å². The van der Waals surface area contributed by atoms with Crippen LogP contribution in [-0.2, 0) is 4.74 Å². The molecule has 2 atom stereocenters. The summed E-state index contributed by atoms with van der Waals surface area (Å²) in [7, 11) is 1.83. The van der Waals surface area contributed by atoms with E-state index in [4.69, 9.17) is 10.5 Å². The molecule has 0 radical (unpaired) electrons. The molecule has 1 rings (SSSR count). The Bertz CT molecular complexity index is 81.8. The maximum absolute atomic E-state index is 5.33. The smallest absolute Gasteiger partial charge is 0.158 e. The fourth-order valence-electron chi connectivity index (χ4n) is 0.431. The van der Waals surface area contributed by atoms with Crippen molar-refractivity contribution < 1.29 is 4.74 Å². The van der Waals surface area contributed by atoms with Crippen LogP contribution in [0.25, 0.3) is 0 Å². The zero-order valence-corrected chi connectivity index (χ0v) is 4.56. The lowest BCUT2D eigenvalue weighted by Gasteiger charge is -1.98. The second kappa shape index (κ2) is 1.18. The van der Waals surface area contributed by atoms with Crippen LogP contribution in [0.3, 0.4) is 0 Å². The van der Waals surface area contributed by atoms with Gasteiger partial charge in [-0.15, -0.1) is 0 Å². The van der Waals surface area contributed by atoms with Crippen molar-refractivity contribution in [2.24, 2.45) is 5.73 Å². The third-order valence-electron chi connectivity index (χ3n) is 1.35. The van der Waals surface area contributed by atoms with Crippen LogP contribution in [0.15, 0.2) is 0 Å². The number of epoxide rings is 1. The van der Waals surface area contributed by atoms with Gasteiger partial charge in [0.25, 0.3) is 0 Å². The molecule has 42 valence electrons. The van der Waals surface area contributed by atoms with E-state index < -0.39 is 0 Å². The topological polar surface area (TPSA) is 50.6 Å². The lowest BCUT2D eigenvalue weighted by atomic mass is 10.3. The van der Waals surface area contributed by atoms with Gasteiger partial charge in [0.1, 0.15) is 0 Å². The molecule has 3 N–H and O–H groups in total. The van der Waals surface area contributed by atoms with E-state index >= 15 is 0 Å². The maximum Gasteiger partial charge on any atom is 0.158 e. The van der Waals surface area contributed by atoms with Crippen LogP contribution >= 0.6 is 0 Å². The summed E-state index contributed by atoms with van der Waals surface area (Å²) in [6.45, 7) is 1.91.